The van der Waals surface area contributed by atoms with E-state index in [1.807, 2.05) is 6.07 Å². The molecule has 0 saturated heterocycles. The second kappa shape index (κ2) is 9.73. The summed E-state index contributed by atoms with van der Waals surface area (Å²) in [4.78, 5) is 17.6. The molecule has 0 spiro atoms. The van der Waals surface area contributed by atoms with Crippen LogP contribution in [0.15, 0.2) is 54.9 Å². The SMILES string of the molecule is C[C@@H]1C[C@H](N)C[C@H](c2ccncc2CC(=O)c2ccc(F)c3cc(-[n+]4c(F)cccc4F)nnc23)C1. The molecule has 184 valence electrons. The van der Waals surface area contributed by atoms with E-state index in [1.54, 1.807) is 12.4 Å². The number of carbonyl (C=O) groups excluding carboxylic acids is 1. The number of hydrogen-bond donors (Lipinski definition) is 1. The van der Waals surface area contributed by atoms with Gasteiger partial charge in [-0.1, -0.05) is 6.92 Å². The van der Waals surface area contributed by atoms with Crippen molar-refractivity contribution in [2.45, 2.75) is 44.6 Å². The Hall–Kier alpha value is -3.72. The Morgan fingerprint density at radius 3 is 2.58 bits per heavy atom. The summed E-state index contributed by atoms with van der Waals surface area (Å²) in [6, 6.07) is 9.05. The number of nitrogens with two attached hydrogens (primary N) is 1. The number of nitrogens with zero attached hydrogens (tertiary/aromatic N) is 4. The van der Waals surface area contributed by atoms with Crippen LogP contribution in [-0.4, -0.2) is 27.0 Å². The minimum Gasteiger partial charge on any atom is -0.328 e. The molecule has 2 N–H and O–H groups in total. The first-order valence-electron chi connectivity index (χ1n) is 11.9. The Balaban J connectivity index is 1.50. The Labute approximate surface area is 206 Å². The lowest BCUT2D eigenvalue weighted by Gasteiger charge is -2.32. The van der Waals surface area contributed by atoms with Gasteiger partial charge < -0.3 is 5.73 Å². The van der Waals surface area contributed by atoms with Gasteiger partial charge in [0.05, 0.1) is 5.10 Å². The highest BCUT2D eigenvalue weighted by Crippen LogP contribution is 2.37. The van der Waals surface area contributed by atoms with Crippen LogP contribution >= 0.6 is 0 Å². The molecular formula is C27H25F3N5O+. The van der Waals surface area contributed by atoms with Crippen LogP contribution < -0.4 is 10.3 Å². The predicted octanol–water partition coefficient (Wildman–Crippen LogP) is 4.38. The smallest absolute Gasteiger partial charge is 0.328 e. The first-order valence-corrected chi connectivity index (χ1v) is 11.9. The van der Waals surface area contributed by atoms with Crippen LogP contribution in [0.4, 0.5) is 13.2 Å². The number of pyridine rings is 2. The van der Waals surface area contributed by atoms with Gasteiger partial charge >= 0.3 is 5.82 Å². The van der Waals surface area contributed by atoms with Crippen molar-refractivity contribution in [2.24, 2.45) is 11.7 Å². The topological polar surface area (TPSA) is 85.6 Å². The van der Waals surface area contributed by atoms with Crippen molar-refractivity contribution < 1.29 is 22.5 Å². The molecule has 0 amide bonds. The third-order valence-electron chi connectivity index (χ3n) is 6.83. The number of rotatable bonds is 5. The molecule has 3 aromatic heterocycles. The maximum absolute atomic E-state index is 14.7. The van der Waals surface area contributed by atoms with Crippen molar-refractivity contribution in [3.63, 3.8) is 0 Å². The maximum atomic E-state index is 14.7. The molecule has 1 aliphatic carbocycles. The van der Waals surface area contributed by atoms with E-state index in [0.29, 0.717) is 10.5 Å². The van der Waals surface area contributed by atoms with E-state index in [2.05, 4.69) is 22.1 Å². The fraction of sp³-hybridized carbons (Fsp3) is 0.296. The molecule has 5 rings (SSSR count). The van der Waals surface area contributed by atoms with Gasteiger partial charge in [0.15, 0.2) is 5.78 Å². The largest absolute Gasteiger partial charge is 0.360 e. The Morgan fingerprint density at radius 2 is 1.83 bits per heavy atom. The van der Waals surface area contributed by atoms with Crippen LogP contribution in [0.3, 0.4) is 0 Å². The van der Waals surface area contributed by atoms with Gasteiger partial charge in [0.25, 0.3) is 11.9 Å². The van der Waals surface area contributed by atoms with Crippen LogP contribution in [0.2, 0.25) is 0 Å². The molecule has 4 aromatic rings. The quantitative estimate of drug-likeness (QED) is 0.254. The highest BCUT2D eigenvalue weighted by Gasteiger charge is 2.28. The van der Waals surface area contributed by atoms with Crippen molar-refractivity contribution in [2.75, 3.05) is 0 Å². The van der Waals surface area contributed by atoms with Gasteiger partial charge in [0, 0.05) is 54.0 Å². The predicted molar refractivity (Wildman–Crippen MR) is 127 cm³/mol. The Kier molecular flexibility index (Phi) is 6.49. The molecule has 9 heteroatoms. The number of fused-ring (bicyclic) bond motifs is 1. The van der Waals surface area contributed by atoms with Crippen molar-refractivity contribution in [3.05, 3.63) is 89.3 Å². The molecule has 0 radical (unpaired) electrons. The average molecular weight is 493 g/mol. The molecule has 0 aliphatic heterocycles. The Morgan fingerprint density at radius 1 is 1.06 bits per heavy atom. The Bertz CT molecular complexity index is 1430. The molecule has 36 heavy (non-hydrogen) atoms. The fourth-order valence-electron chi connectivity index (χ4n) is 5.26. The van der Waals surface area contributed by atoms with Gasteiger partial charge in [0.2, 0.25) is 0 Å². The number of carbonyl (C=O) groups is 1. The van der Waals surface area contributed by atoms with Crippen molar-refractivity contribution in [3.8, 4) is 5.82 Å². The molecule has 1 fully saturated rings. The van der Waals surface area contributed by atoms with Gasteiger partial charge in [0.1, 0.15) is 11.3 Å². The van der Waals surface area contributed by atoms with Gasteiger partial charge in [-0.3, -0.25) is 9.78 Å². The molecule has 1 aliphatic rings. The number of benzene rings is 1. The lowest BCUT2D eigenvalue weighted by molar-refractivity contribution is -0.661. The third-order valence-corrected chi connectivity index (χ3v) is 6.83. The monoisotopic (exact) mass is 492 g/mol. The zero-order valence-corrected chi connectivity index (χ0v) is 19.7. The molecule has 3 atom stereocenters. The normalized spacial score (nSPS) is 20.0. The molecule has 0 bridgehead atoms. The second-order valence-electron chi connectivity index (χ2n) is 9.51. The summed E-state index contributed by atoms with van der Waals surface area (Å²) in [7, 11) is 0. The van der Waals surface area contributed by atoms with E-state index in [4.69, 9.17) is 5.73 Å². The van der Waals surface area contributed by atoms with Gasteiger partial charge in [-0.2, -0.15) is 8.78 Å². The van der Waals surface area contributed by atoms with Gasteiger partial charge in [-0.25, -0.2) is 4.39 Å². The standard InChI is InChI=1S/C27H25F3N5O/c1-15-9-16(11-18(31)10-15)19-7-8-32-14-17(19)12-23(36)20-5-6-22(28)21-13-26(33-34-27(20)21)35-24(29)3-2-4-25(35)30/h2-8,13-16,18H,9-12,31H2,1H3/q+1/t15-,16+,18-/m0/s1. The lowest BCUT2D eigenvalue weighted by atomic mass is 9.75. The second-order valence-corrected chi connectivity index (χ2v) is 9.51. The molecule has 6 nitrogen and oxygen atoms in total. The van der Waals surface area contributed by atoms with Crippen LogP contribution in [0, 0.1) is 23.6 Å². The van der Waals surface area contributed by atoms with Crippen LogP contribution in [0.5, 0.6) is 0 Å². The lowest BCUT2D eigenvalue weighted by Crippen LogP contribution is -2.40. The summed E-state index contributed by atoms with van der Waals surface area (Å²) in [5.74, 6) is -2.32. The van der Waals surface area contributed by atoms with Crippen molar-refractivity contribution in [1.82, 2.24) is 15.2 Å². The zero-order valence-electron chi connectivity index (χ0n) is 19.7. The van der Waals surface area contributed by atoms with Crippen LogP contribution in [-0.2, 0) is 6.42 Å². The summed E-state index contributed by atoms with van der Waals surface area (Å²) in [6.45, 7) is 2.18. The van der Waals surface area contributed by atoms with Crippen molar-refractivity contribution >= 4 is 16.7 Å². The number of hydrogen-bond acceptors (Lipinski definition) is 5. The van der Waals surface area contributed by atoms with Crippen molar-refractivity contribution in [1.29, 1.82) is 0 Å². The molecule has 1 aromatic carbocycles. The van der Waals surface area contributed by atoms with E-state index >= 15 is 0 Å². The zero-order chi connectivity index (χ0) is 25.4. The van der Waals surface area contributed by atoms with E-state index in [-0.39, 0.29) is 46.4 Å². The first-order chi connectivity index (χ1) is 17.3. The third kappa shape index (κ3) is 4.58. The van der Waals surface area contributed by atoms with E-state index in [9.17, 15) is 18.0 Å². The average Bonchev–Trinajstić information content (AvgIpc) is 2.84. The number of halogens is 3. The summed E-state index contributed by atoms with van der Waals surface area (Å²) < 4.78 is 43.8. The first kappa shape index (κ1) is 24.0. The van der Waals surface area contributed by atoms with Gasteiger partial charge in [-0.15, -0.1) is 4.57 Å². The summed E-state index contributed by atoms with van der Waals surface area (Å²) in [5, 5.41) is 7.83. The number of aromatic nitrogens is 4. The van der Waals surface area contributed by atoms with E-state index < -0.39 is 17.7 Å². The number of Topliss-reactive ketones (excluding diaryl/α,β-unsaturated/α-hetero) is 1. The van der Waals surface area contributed by atoms with E-state index in [1.165, 1.54) is 18.2 Å². The van der Waals surface area contributed by atoms with E-state index in [0.717, 1.165) is 48.6 Å². The summed E-state index contributed by atoms with van der Waals surface area (Å²) in [6.07, 6.45) is 6.25. The van der Waals surface area contributed by atoms with Gasteiger partial charge in [-0.05, 0) is 71.6 Å². The molecule has 0 unspecified atom stereocenters. The number of ketones is 1. The minimum atomic E-state index is -0.919. The highest BCUT2D eigenvalue weighted by atomic mass is 19.1. The van der Waals surface area contributed by atoms with Crippen LogP contribution in [0.25, 0.3) is 16.7 Å². The summed E-state index contributed by atoms with van der Waals surface area (Å²) in [5.41, 5.74) is 8.30. The molecule has 3 heterocycles. The fourth-order valence-corrected chi connectivity index (χ4v) is 5.26. The molecular weight excluding hydrogens is 467 g/mol. The van der Waals surface area contributed by atoms with Crippen LogP contribution in [0.1, 0.15) is 53.6 Å². The molecule has 1 saturated carbocycles. The summed E-state index contributed by atoms with van der Waals surface area (Å²) >= 11 is 0. The maximum Gasteiger partial charge on any atom is 0.360 e. The highest BCUT2D eigenvalue weighted by molar-refractivity contribution is 6.07. The minimum absolute atomic E-state index is 0.0276.